The Labute approximate surface area is 218 Å². The number of Topliss-reactive ketones (excluding diaryl/α,β-unsaturated/α-hetero) is 1. The van der Waals surface area contributed by atoms with Crippen LogP contribution in [0.3, 0.4) is 0 Å². The molecule has 0 radical (unpaired) electrons. The van der Waals surface area contributed by atoms with E-state index in [-0.39, 0.29) is 30.9 Å². The second kappa shape index (κ2) is 12.5. The number of amides is 2. The van der Waals surface area contributed by atoms with E-state index in [1.807, 2.05) is 54.6 Å². The van der Waals surface area contributed by atoms with Crippen LogP contribution in [0.5, 0.6) is 5.75 Å². The van der Waals surface area contributed by atoms with Crippen LogP contribution in [0, 0.1) is 5.92 Å². The Bertz CT molecular complexity index is 1120. The van der Waals surface area contributed by atoms with E-state index in [1.165, 1.54) is 0 Å². The van der Waals surface area contributed by atoms with Gasteiger partial charge in [-0.15, -0.1) is 0 Å². The number of hydrogen-bond acceptors (Lipinski definition) is 6. The summed E-state index contributed by atoms with van der Waals surface area (Å²) in [7, 11) is 1.73. The number of ketones is 1. The minimum Gasteiger partial charge on any atom is -0.492 e. The molecule has 0 aromatic heterocycles. The minimum atomic E-state index is -0.737. The molecule has 2 aromatic rings. The monoisotopic (exact) mass is 505 g/mol. The molecule has 8 nitrogen and oxygen atoms in total. The molecule has 2 amide bonds. The Hall–Kier alpha value is -3.65. The van der Waals surface area contributed by atoms with Gasteiger partial charge in [0.05, 0.1) is 12.6 Å². The summed E-state index contributed by atoms with van der Waals surface area (Å²) in [5.74, 6) is 0.855. The van der Waals surface area contributed by atoms with Crippen LogP contribution in [-0.4, -0.2) is 73.0 Å². The van der Waals surface area contributed by atoms with Crippen LogP contribution in [0.4, 0.5) is 4.79 Å². The van der Waals surface area contributed by atoms with E-state index in [2.05, 4.69) is 17.1 Å². The second-order valence-electron chi connectivity index (χ2n) is 9.88. The van der Waals surface area contributed by atoms with Gasteiger partial charge in [-0.1, -0.05) is 55.5 Å². The Morgan fingerprint density at radius 3 is 2.73 bits per heavy atom. The molecule has 8 heteroatoms. The topological polar surface area (TPSA) is 88.2 Å². The van der Waals surface area contributed by atoms with Crippen molar-refractivity contribution in [3.63, 3.8) is 0 Å². The summed E-state index contributed by atoms with van der Waals surface area (Å²) in [4.78, 5) is 42.5. The molecule has 2 aliphatic heterocycles. The SMILES string of the molecule is C[C@H]1C[C@H]2COc3cccc(c3)C(=O)N(C)CC=CC[C@H](NC(=O)OCc3ccccc3)C(=O)CN2C1. The number of rotatable bonds is 3. The van der Waals surface area contributed by atoms with Gasteiger partial charge in [0, 0.05) is 31.7 Å². The fourth-order valence-electron chi connectivity index (χ4n) is 4.77. The van der Waals surface area contributed by atoms with Crippen molar-refractivity contribution in [2.75, 3.05) is 33.3 Å². The highest BCUT2D eigenvalue weighted by molar-refractivity contribution is 5.94. The number of nitrogens with one attached hydrogen (secondary N) is 1. The molecule has 1 fully saturated rings. The number of benzene rings is 2. The molecule has 1 saturated heterocycles. The lowest BCUT2D eigenvalue weighted by atomic mass is 10.1. The van der Waals surface area contributed by atoms with Gasteiger partial charge in [-0.05, 0) is 42.5 Å². The first kappa shape index (κ1) is 26.4. The normalized spacial score (nSPS) is 23.3. The quantitative estimate of drug-likeness (QED) is 0.641. The smallest absolute Gasteiger partial charge is 0.408 e. The fraction of sp³-hybridized carbons (Fsp3) is 0.414. The lowest BCUT2D eigenvalue weighted by Gasteiger charge is -2.26. The molecular formula is C29H35N3O5. The van der Waals surface area contributed by atoms with Gasteiger partial charge >= 0.3 is 6.09 Å². The lowest BCUT2D eigenvalue weighted by molar-refractivity contribution is -0.122. The Balaban J connectivity index is 1.49. The van der Waals surface area contributed by atoms with Crippen LogP contribution >= 0.6 is 0 Å². The number of carbonyl (C=O) groups excluding carboxylic acids is 3. The maximum Gasteiger partial charge on any atom is 0.408 e. The second-order valence-corrected chi connectivity index (χ2v) is 9.88. The van der Waals surface area contributed by atoms with Crippen molar-refractivity contribution in [3.8, 4) is 5.75 Å². The molecular weight excluding hydrogens is 470 g/mol. The van der Waals surface area contributed by atoms with Gasteiger partial charge in [0.15, 0.2) is 5.78 Å². The van der Waals surface area contributed by atoms with Crippen LogP contribution in [0.1, 0.15) is 35.7 Å². The number of hydrogen-bond donors (Lipinski definition) is 1. The summed E-state index contributed by atoms with van der Waals surface area (Å²) >= 11 is 0. The van der Waals surface area contributed by atoms with Crippen molar-refractivity contribution in [1.82, 2.24) is 15.1 Å². The number of fused-ring (bicyclic) bond motifs is 3. The summed E-state index contributed by atoms with van der Waals surface area (Å²) < 4.78 is 11.4. The molecule has 2 bridgehead atoms. The third-order valence-electron chi connectivity index (χ3n) is 6.78. The molecule has 0 saturated carbocycles. The Kier molecular flexibility index (Phi) is 8.95. The van der Waals surface area contributed by atoms with Gasteiger partial charge in [0.2, 0.25) is 0 Å². The molecule has 3 atom stereocenters. The molecule has 2 aromatic carbocycles. The third-order valence-corrected chi connectivity index (χ3v) is 6.78. The van der Waals surface area contributed by atoms with Crippen molar-refractivity contribution >= 4 is 17.8 Å². The van der Waals surface area contributed by atoms with E-state index in [1.54, 1.807) is 24.1 Å². The molecule has 196 valence electrons. The number of carbonyl (C=O) groups is 3. The number of ether oxygens (including phenoxy) is 2. The van der Waals surface area contributed by atoms with E-state index in [9.17, 15) is 14.4 Å². The zero-order valence-corrected chi connectivity index (χ0v) is 21.5. The number of likely N-dealkylation sites (N-methyl/N-ethyl adjacent to an activating group) is 1. The van der Waals surface area contributed by atoms with E-state index in [4.69, 9.17) is 9.47 Å². The van der Waals surface area contributed by atoms with Gasteiger partial charge in [0.25, 0.3) is 5.91 Å². The van der Waals surface area contributed by atoms with Crippen molar-refractivity contribution in [3.05, 3.63) is 77.9 Å². The predicted molar refractivity (Wildman–Crippen MR) is 140 cm³/mol. The lowest BCUT2D eigenvalue weighted by Crippen LogP contribution is -2.47. The van der Waals surface area contributed by atoms with Gasteiger partial charge in [-0.2, -0.15) is 0 Å². The predicted octanol–water partition coefficient (Wildman–Crippen LogP) is 3.67. The number of alkyl carbamates (subject to hydrolysis) is 1. The Morgan fingerprint density at radius 1 is 1.11 bits per heavy atom. The van der Waals surface area contributed by atoms with Crippen molar-refractivity contribution in [2.24, 2.45) is 5.92 Å². The molecule has 2 heterocycles. The van der Waals surface area contributed by atoms with Gasteiger partial charge in [0.1, 0.15) is 19.0 Å². The summed E-state index contributed by atoms with van der Waals surface area (Å²) in [5.41, 5.74) is 1.43. The van der Waals surface area contributed by atoms with E-state index in [0.717, 1.165) is 18.5 Å². The van der Waals surface area contributed by atoms with E-state index >= 15 is 0 Å². The first-order valence-electron chi connectivity index (χ1n) is 12.8. The molecule has 0 aliphatic carbocycles. The molecule has 0 unspecified atom stereocenters. The van der Waals surface area contributed by atoms with Gasteiger partial charge < -0.3 is 19.7 Å². The van der Waals surface area contributed by atoms with Crippen molar-refractivity contribution < 1.29 is 23.9 Å². The molecule has 1 N–H and O–H groups in total. The third kappa shape index (κ3) is 7.43. The van der Waals surface area contributed by atoms with Crippen LogP contribution in [0.2, 0.25) is 0 Å². The zero-order chi connectivity index (χ0) is 26.2. The largest absolute Gasteiger partial charge is 0.492 e. The summed E-state index contributed by atoms with van der Waals surface area (Å²) in [6.07, 6.45) is 4.25. The van der Waals surface area contributed by atoms with Crippen LogP contribution in [0.25, 0.3) is 0 Å². The highest BCUT2D eigenvalue weighted by Gasteiger charge is 2.33. The molecule has 37 heavy (non-hydrogen) atoms. The van der Waals surface area contributed by atoms with E-state index < -0.39 is 12.1 Å². The summed E-state index contributed by atoms with van der Waals surface area (Å²) in [6.45, 7) is 4.07. The van der Waals surface area contributed by atoms with Crippen LogP contribution in [0.15, 0.2) is 66.7 Å². The van der Waals surface area contributed by atoms with Crippen molar-refractivity contribution in [1.29, 1.82) is 0 Å². The molecule has 2 aliphatic rings. The molecule has 4 rings (SSSR count). The van der Waals surface area contributed by atoms with Crippen molar-refractivity contribution in [2.45, 2.75) is 38.5 Å². The summed E-state index contributed by atoms with van der Waals surface area (Å²) in [5, 5.41) is 2.76. The first-order valence-corrected chi connectivity index (χ1v) is 12.8. The average Bonchev–Trinajstić information content (AvgIpc) is 3.26. The first-order chi connectivity index (χ1) is 17.9. The van der Waals surface area contributed by atoms with Crippen LogP contribution in [-0.2, 0) is 16.1 Å². The van der Waals surface area contributed by atoms with Crippen LogP contribution < -0.4 is 10.1 Å². The van der Waals surface area contributed by atoms with Gasteiger partial charge in [-0.3, -0.25) is 14.5 Å². The highest BCUT2D eigenvalue weighted by Crippen LogP contribution is 2.25. The summed E-state index contributed by atoms with van der Waals surface area (Å²) in [6, 6.07) is 15.9. The standard InChI is InChI=1S/C29H35N3O5/c1-21-15-24-20-36-25-12-8-11-23(16-25)28(34)31(2)14-7-6-13-26(27(33)18-32(24)17-21)30-29(35)37-19-22-9-4-3-5-10-22/h3-12,16,21,24,26H,13-15,17-20H2,1-2H3,(H,30,35)/t21-,24-,26-/m0/s1. The Morgan fingerprint density at radius 2 is 1.92 bits per heavy atom. The van der Waals surface area contributed by atoms with Gasteiger partial charge in [-0.25, -0.2) is 4.79 Å². The fourth-order valence-corrected chi connectivity index (χ4v) is 4.77. The maximum atomic E-state index is 13.4. The van der Waals surface area contributed by atoms with E-state index in [0.29, 0.717) is 36.8 Å². The maximum absolute atomic E-state index is 13.4. The highest BCUT2D eigenvalue weighted by atomic mass is 16.5. The molecule has 0 spiro atoms. The average molecular weight is 506 g/mol. The minimum absolute atomic E-state index is 0.0649. The zero-order valence-electron chi connectivity index (χ0n) is 21.5. The number of nitrogens with zero attached hydrogens (tertiary/aromatic N) is 2.